The number of methoxy groups -OCH3 is 1. The van der Waals surface area contributed by atoms with Crippen LogP contribution in [-0.4, -0.2) is 22.7 Å². The minimum Gasteiger partial charge on any atom is -0.496 e. The van der Waals surface area contributed by atoms with E-state index >= 15 is 0 Å². The van der Waals surface area contributed by atoms with Crippen molar-refractivity contribution in [3.8, 4) is 5.75 Å². The number of aromatic nitrogens is 2. The summed E-state index contributed by atoms with van der Waals surface area (Å²) in [6.45, 7) is 0. The van der Waals surface area contributed by atoms with Crippen LogP contribution in [0.1, 0.15) is 16.1 Å². The van der Waals surface area contributed by atoms with E-state index < -0.39 is 0 Å². The molecule has 0 aliphatic rings. The number of carbonyl (C=O) groups excluding carboxylic acids is 1. The highest BCUT2D eigenvalue weighted by Crippen LogP contribution is 2.24. The lowest BCUT2D eigenvalue weighted by Gasteiger charge is -2.07. The molecule has 1 aromatic heterocycles. The summed E-state index contributed by atoms with van der Waals surface area (Å²) in [4.78, 5) is 12.1. The summed E-state index contributed by atoms with van der Waals surface area (Å²) in [6.07, 6.45) is 2.06. The SMILES string of the molecule is COc1cc(Cl)ccc1C(=O)Cc1ccn(C)n1. The summed E-state index contributed by atoms with van der Waals surface area (Å²) in [5.41, 5.74) is 1.26. The molecular weight excluding hydrogens is 252 g/mol. The molecule has 0 unspecified atom stereocenters. The number of carbonyl (C=O) groups is 1. The molecule has 0 bridgehead atoms. The third-order valence-electron chi connectivity index (χ3n) is 2.57. The summed E-state index contributed by atoms with van der Waals surface area (Å²) >= 11 is 5.86. The highest BCUT2D eigenvalue weighted by molar-refractivity contribution is 6.30. The van der Waals surface area contributed by atoms with Gasteiger partial charge >= 0.3 is 0 Å². The number of aryl methyl sites for hydroxylation is 1. The van der Waals surface area contributed by atoms with E-state index in [1.54, 1.807) is 22.9 Å². The average Bonchev–Trinajstić information content (AvgIpc) is 2.74. The zero-order chi connectivity index (χ0) is 13.1. The van der Waals surface area contributed by atoms with Crippen molar-refractivity contribution in [1.29, 1.82) is 0 Å². The summed E-state index contributed by atoms with van der Waals surface area (Å²) in [7, 11) is 3.33. The zero-order valence-electron chi connectivity index (χ0n) is 10.2. The maximum atomic E-state index is 12.1. The van der Waals surface area contributed by atoms with Crippen LogP contribution in [0.3, 0.4) is 0 Å². The molecule has 0 N–H and O–H groups in total. The summed E-state index contributed by atoms with van der Waals surface area (Å²) in [5.74, 6) is 0.450. The predicted molar refractivity (Wildman–Crippen MR) is 69.2 cm³/mol. The summed E-state index contributed by atoms with van der Waals surface area (Å²) < 4.78 is 6.83. The monoisotopic (exact) mass is 264 g/mol. The molecule has 2 aromatic rings. The Balaban J connectivity index is 2.23. The number of halogens is 1. The summed E-state index contributed by atoms with van der Waals surface area (Å²) in [5, 5.41) is 4.72. The Labute approximate surface area is 110 Å². The van der Waals surface area contributed by atoms with Gasteiger partial charge in [0.25, 0.3) is 0 Å². The Hall–Kier alpha value is -1.81. The molecule has 0 atom stereocenters. The maximum absolute atomic E-state index is 12.1. The second kappa shape index (κ2) is 5.23. The van der Waals surface area contributed by atoms with E-state index in [0.29, 0.717) is 16.3 Å². The highest BCUT2D eigenvalue weighted by Gasteiger charge is 2.14. The van der Waals surface area contributed by atoms with Gasteiger partial charge in [-0.25, -0.2) is 0 Å². The Bertz CT molecular complexity index is 578. The van der Waals surface area contributed by atoms with Gasteiger partial charge in [-0.1, -0.05) is 11.6 Å². The minimum absolute atomic E-state index is 0.0396. The number of benzene rings is 1. The molecular formula is C13H13ClN2O2. The van der Waals surface area contributed by atoms with Crippen molar-refractivity contribution in [2.75, 3.05) is 7.11 Å². The smallest absolute Gasteiger partial charge is 0.172 e. The molecule has 0 saturated carbocycles. The van der Waals surface area contributed by atoms with Crippen molar-refractivity contribution < 1.29 is 9.53 Å². The van der Waals surface area contributed by atoms with E-state index in [2.05, 4.69) is 5.10 Å². The van der Waals surface area contributed by atoms with Gasteiger partial charge in [0.15, 0.2) is 5.78 Å². The number of nitrogens with zero attached hydrogens (tertiary/aromatic N) is 2. The van der Waals surface area contributed by atoms with Gasteiger partial charge in [0.1, 0.15) is 5.75 Å². The number of ketones is 1. The van der Waals surface area contributed by atoms with E-state index in [4.69, 9.17) is 16.3 Å². The van der Waals surface area contributed by atoms with E-state index in [1.807, 2.05) is 19.3 Å². The fourth-order valence-corrected chi connectivity index (χ4v) is 1.87. The van der Waals surface area contributed by atoms with Gasteiger partial charge in [0, 0.05) is 18.3 Å². The van der Waals surface area contributed by atoms with Crippen LogP contribution in [0, 0.1) is 0 Å². The van der Waals surface area contributed by atoms with Gasteiger partial charge in [-0.05, 0) is 24.3 Å². The van der Waals surface area contributed by atoms with Crippen LogP contribution in [-0.2, 0) is 13.5 Å². The molecule has 0 aliphatic carbocycles. The Morgan fingerprint density at radius 3 is 2.83 bits per heavy atom. The number of hydrogen-bond acceptors (Lipinski definition) is 3. The van der Waals surface area contributed by atoms with Crippen molar-refractivity contribution in [2.45, 2.75) is 6.42 Å². The molecule has 94 valence electrons. The highest BCUT2D eigenvalue weighted by atomic mass is 35.5. The number of ether oxygens (including phenoxy) is 1. The summed E-state index contributed by atoms with van der Waals surface area (Å²) in [6, 6.07) is 6.80. The van der Waals surface area contributed by atoms with Crippen LogP contribution in [0.5, 0.6) is 5.75 Å². The van der Waals surface area contributed by atoms with Crippen LogP contribution in [0.4, 0.5) is 0 Å². The minimum atomic E-state index is -0.0396. The Morgan fingerprint density at radius 2 is 2.22 bits per heavy atom. The van der Waals surface area contributed by atoms with E-state index in [1.165, 1.54) is 7.11 Å². The van der Waals surface area contributed by atoms with Gasteiger partial charge in [-0.2, -0.15) is 5.10 Å². The lowest BCUT2D eigenvalue weighted by atomic mass is 10.1. The third-order valence-corrected chi connectivity index (χ3v) is 2.81. The maximum Gasteiger partial charge on any atom is 0.172 e. The van der Waals surface area contributed by atoms with Gasteiger partial charge in [0.2, 0.25) is 0 Å². The van der Waals surface area contributed by atoms with E-state index in [-0.39, 0.29) is 12.2 Å². The lowest BCUT2D eigenvalue weighted by molar-refractivity contribution is 0.0989. The van der Waals surface area contributed by atoms with Crippen LogP contribution in [0.2, 0.25) is 5.02 Å². The van der Waals surface area contributed by atoms with Crippen LogP contribution in [0.25, 0.3) is 0 Å². The first-order valence-electron chi connectivity index (χ1n) is 5.45. The largest absolute Gasteiger partial charge is 0.496 e. The molecule has 0 fully saturated rings. The molecule has 0 aliphatic heterocycles. The molecule has 4 nitrogen and oxygen atoms in total. The Kier molecular flexibility index (Phi) is 3.67. The topological polar surface area (TPSA) is 44.1 Å². The van der Waals surface area contributed by atoms with Crippen LogP contribution >= 0.6 is 11.6 Å². The predicted octanol–water partition coefficient (Wildman–Crippen LogP) is 2.51. The van der Waals surface area contributed by atoms with Crippen molar-refractivity contribution in [3.63, 3.8) is 0 Å². The first kappa shape index (κ1) is 12.6. The molecule has 1 heterocycles. The molecule has 2 rings (SSSR count). The molecule has 0 amide bonds. The standard InChI is InChI=1S/C13H13ClN2O2/c1-16-6-5-10(15-16)8-12(17)11-4-3-9(14)7-13(11)18-2/h3-7H,8H2,1-2H3. The third kappa shape index (κ3) is 2.71. The van der Waals surface area contributed by atoms with Crippen LogP contribution in [0.15, 0.2) is 30.5 Å². The average molecular weight is 265 g/mol. The van der Waals surface area contributed by atoms with Gasteiger partial charge in [0.05, 0.1) is 24.8 Å². The van der Waals surface area contributed by atoms with Crippen molar-refractivity contribution in [1.82, 2.24) is 9.78 Å². The molecule has 5 heteroatoms. The number of Topliss-reactive ketones (excluding diaryl/α,β-unsaturated/α-hetero) is 1. The zero-order valence-corrected chi connectivity index (χ0v) is 10.9. The van der Waals surface area contributed by atoms with Gasteiger partial charge < -0.3 is 4.74 Å². The fourth-order valence-electron chi connectivity index (χ4n) is 1.71. The second-order valence-corrected chi connectivity index (χ2v) is 4.36. The van der Waals surface area contributed by atoms with Gasteiger partial charge in [-0.3, -0.25) is 9.48 Å². The lowest BCUT2D eigenvalue weighted by Crippen LogP contribution is -2.06. The normalized spacial score (nSPS) is 10.4. The number of hydrogen-bond donors (Lipinski definition) is 0. The van der Waals surface area contributed by atoms with Gasteiger partial charge in [-0.15, -0.1) is 0 Å². The van der Waals surface area contributed by atoms with Crippen molar-refractivity contribution in [3.05, 3.63) is 46.7 Å². The first-order valence-corrected chi connectivity index (χ1v) is 5.83. The molecule has 0 radical (unpaired) electrons. The van der Waals surface area contributed by atoms with E-state index in [0.717, 1.165) is 5.69 Å². The van der Waals surface area contributed by atoms with Crippen molar-refractivity contribution >= 4 is 17.4 Å². The van der Waals surface area contributed by atoms with Crippen LogP contribution < -0.4 is 4.74 Å². The quantitative estimate of drug-likeness (QED) is 0.797. The Morgan fingerprint density at radius 1 is 1.44 bits per heavy atom. The van der Waals surface area contributed by atoms with E-state index in [9.17, 15) is 4.79 Å². The molecule has 1 aromatic carbocycles. The van der Waals surface area contributed by atoms with Crippen molar-refractivity contribution in [2.24, 2.45) is 7.05 Å². The second-order valence-electron chi connectivity index (χ2n) is 3.93. The molecule has 0 spiro atoms. The number of rotatable bonds is 4. The fraction of sp³-hybridized carbons (Fsp3) is 0.231. The first-order chi connectivity index (χ1) is 8.60. The molecule has 0 saturated heterocycles. The molecule has 18 heavy (non-hydrogen) atoms.